The molecule has 1 unspecified atom stereocenters. The zero-order valence-electron chi connectivity index (χ0n) is 12.5. The molecule has 0 aliphatic heterocycles. The summed E-state index contributed by atoms with van der Waals surface area (Å²) in [5.74, 6) is -0.0408. The summed E-state index contributed by atoms with van der Waals surface area (Å²) in [4.78, 5) is 11.9. The predicted molar refractivity (Wildman–Crippen MR) is 81.5 cm³/mol. The third kappa shape index (κ3) is 2.84. The topological polar surface area (TPSA) is 26.3 Å². The van der Waals surface area contributed by atoms with Gasteiger partial charge in [-0.3, -0.25) is 0 Å². The highest BCUT2D eigenvalue weighted by Crippen LogP contribution is 2.37. The normalized spacial score (nSPS) is 17.8. The molecule has 0 spiro atoms. The van der Waals surface area contributed by atoms with Crippen molar-refractivity contribution < 1.29 is 9.53 Å². The van der Waals surface area contributed by atoms with Gasteiger partial charge in [0.05, 0.1) is 0 Å². The van der Waals surface area contributed by atoms with Crippen molar-refractivity contribution in [3.63, 3.8) is 0 Å². The van der Waals surface area contributed by atoms with Crippen LogP contribution in [0.5, 0.6) is 0 Å². The van der Waals surface area contributed by atoms with Gasteiger partial charge < -0.3 is 4.74 Å². The number of benzene rings is 1. The number of ether oxygens (including phenoxy) is 1. The Bertz CT molecular complexity index is 531. The molecule has 0 heterocycles. The second-order valence-electron chi connectivity index (χ2n) is 5.73. The zero-order valence-corrected chi connectivity index (χ0v) is 12.5. The van der Waals surface area contributed by atoms with Crippen LogP contribution < -0.4 is 0 Å². The van der Waals surface area contributed by atoms with Gasteiger partial charge in [-0.05, 0) is 50.8 Å². The van der Waals surface area contributed by atoms with E-state index in [2.05, 4.69) is 30.8 Å². The summed E-state index contributed by atoms with van der Waals surface area (Å²) < 4.78 is 5.73. The molecule has 0 N–H and O–H groups in total. The molecule has 2 rings (SSSR count). The lowest BCUT2D eigenvalue weighted by atomic mass is 9.86. The molecule has 0 radical (unpaired) electrons. The molecule has 0 aromatic heterocycles. The Morgan fingerprint density at radius 2 is 1.90 bits per heavy atom. The average Bonchev–Trinajstić information content (AvgIpc) is 2.83. The molecule has 0 amide bonds. The van der Waals surface area contributed by atoms with Crippen molar-refractivity contribution in [3.05, 3.63) is 59.7 Å². The summed E-state index contributed by atoms with van der Waals surface area (Å²) in [5.41, 5.74) is 2.58. The fourth-order valence-electron chi connectivity index (χ4n) is 2.84. The Morgan fingerprint density at radius 1 is 1.35 bits per heavy atom. The maximum Gasteiger partial charge on any atom is 0.333 e. The molecule has 1 aliphatic carbocycles. The van der Waals surface area contributed by atoms with Crippen LogP contribution in [0.4, 0.5) is 0 Å². The van der Waals surface area contributed by atoms with Crippen molar-refractivity contribution in [3.8, 4) is 0 Å². The molecule has 0 saturated heterocycles. The quantitative estimate of drug-likeness (QED) is 0.472. The molecule has 106 valence electrons. The van der Waals surface area contributed by atoms with Crippen LogP contribution in [0.2, 0.25) is 0 Å². The molecule has 1 aliphatic rings. The molecule has 1 atom stereocenters. The lowest BCUT2D eigenvalue weighted by Crippen LogP contribution is -2.38. The fourth-order valence-corrected chi connectivity index (χ4v) is 2.84. The first-order valence-electron chi connectivity index (χ1n) is 7.05. The van der Waals surface area contributed by atoms with E-state index in [1.807, 2.05) is 26.0 Å². The third-order valence-electron chi connectivity index (χ3n) is 4.02. The van der Waals surface area contributed by atoms with E-state index in [9.17, 15) is 4.79 Å². The first-order valence-corrected chi connectivity index (χ1v) is 7.05. The number of esters is 1. The Morgan fingerprint density at radius 3 is 2.35 bits per heavy atom. The molecule has 0 bridgehead atoms. The molecular weight excluding hydrogens is 248 g/mol. The van der Waals surface area contributed by atoms with Crippen LogP contribution in [0, 0.1) is 5.92 Å². The fraction of sp³-hybridized carbons (Fsp3) is 0.389. The van der Waals surface area contributed by atoms with Crippen molar-refractivity contribution in [2.24, 2.45) is 5.92 Å². The maximum absolute atomic E-state index is 11.9. The van der Waals surface area contributed by atoms with Gasteiger partial charge in [0.25, 0.3) is 0 Å². The summed E-state index contributed by atoms with van der Waals surface area (Å²) in [6.07, 6.45) is 5.83. The minimum atomic E-state index is -0.580. The second-order valence-corrected chi connectivity index (χ2v) is 5.73. The SMILES string of the molecule is C=C(C)C(=O)OC(C)(/C=C/C)C1Cc2ccccc2C1. The molecule has 1 aromatic rings. The smallest absolute Gasteiger partial charge is 0.333 e. The Hall–Kier alpha value is -1.83. The van der Waals surface area contributed by atoms with E-state index in [-0.39, 0.29) is 11.9 Å². The number of rotatable bonds is 4. The van der Waals surface area contributed by atoms with Gasteiger partial charge in [-0.25, -0.2) is 4.79 Å². The standard InChI is InChI=1S/C18H22O2/c1-5-10-18(4,20-17(19)13(2)3)16-11-14-8-6-7-9-15(14)12-16/h5-10,16H,2,11-12H2,1,3-4H3/b10-5+. The minimum Gasteiger partial charge on any atom is -0.451 e. The van der Waals surface area contributed by atoms with E-state index in [0.29, 0.717) is 5.57 Å². The number of fused-ring (bicyclic) bond motifs is 1. The van der Waals surface area contributed by atoms with Crippen molar-refractivity contribution in [1.82, 2.24) is 0 Å². The van der Waals surface area contributed by atoms with Gasteiger partial charge in [0.1, 0.15) is 5.60 Å². The first-order chi connectivity index (χ1) is 9.46. The van der Waals surface area contributed by atoms with Crippen molar-refractivity contribution >= 4 is 5.97 Å². The largest absolute Gasteiger partial charge is 0.451 e. The van der Waals surface area contributed by atoms with Gasteiger partial charge in [-0.15, -0.1) is 0 Å². The summed E-state index contributed by atoms with van der Waals surface area (Å²) in [5, 5.41) is 0. The Kier molecular flexibility index (Phi) is 4.12. The molecule has 2 nitrogen and oxygen atoms in total. The van der Waals surface area contributed by atoms with Crippen LogP contribution >= 0.6 is 0 Å². The zero-order chi connectivity index (χ0) is 14.8. The van der Waals surface area contributed by atoms with Gasteiger partial charge >= 0.3 is 5.97 Å². The van der Waals surface area contributed by atoms with Crippen molar-refractivity contribution in [2.45, 2.75) is 39.2 Å². The van der Waals surface area contributed by atoms with E-state index in [0.717, 1.165) is 12.8 Å². The number of carbonyl (C=O) groups excluding carboxylic acids is 1. The molecule has 20 heavy (non-hydrogen) atoms. The Labute approximate surface area is 121 Å². The third-order valence-corrected chi connectivity index (χ3v) is 4.02. The number of allylic oxidation sites excluding steroid dienone is 1. The number of hydrogen-bond acceptors (Lipinski definition) is 2. The van der Waals surface area contributed by atoms with E-state index >= 15 is 0 Å². The van der Waals surface area contributed by atoms with Gasteiger partial charge in [-0.2, -0.15) is 0 Å². The van der Waals surface area contributed by atoms with E-state index < -0.39 is 5.60 Å². The van der Waals surface area contributed by atoms with Gasteiger partial charge in [-0.1, -0.05) is 36.9 Å². The van der Waals surface area contributed by atoms with E-state index in [1.165, 1.54) is 11.1 Å². The van der Waals surface area contributed by atoms with E-state index in [4.69, 9.17) is 4.74 Å². The Balaban J connectivity index is 2.23. The highest BCUT2D eigenvalue weighted by Gasteiger charge is 2.39. The lowest BCUT2D eigenvalue weighted by Gasteiger charge is -2.32. The van der Waals surface area contributed by atoms with Crippen molar-refractivity contribution in [2.75, 3.05) is 0 Å². The molecule has 2 heteroatoms. The average molecular weight is 270 g/mol. The monoisotopic (exact) mass is 270 g/mol. The predicted octanol–water partition coefficient (Wildman–Crippen LogP) is 3.86. The summed E-state index contributed by atoms with van der Waals surface area (Å²) in [6, 6.07) is 8.44. The summed E-state index contributed by atoms with van der Waals surface area (Å²) in [7, 11) is 0. The van der Waals surface area contributed by atoms with Crippen LogP contribution in [0.1, 0.15) is 31.9 Å². The maximum atomic E-state index is 11.9. The molecule has 0 fully saturated rings. The molecule has 1 aromatic carbocycles. The van der Waals surface area contributed by atoms with Crippen LogP contribution in [0.15, 0.2) is 48.6 Å². The van der Waals surface area contributed by atoms with Crippen LogP contribution in [0.3, 0.4) is 0 Å². The minimum absolute atomic E-state index is 0.277. The van der Waals surface area contributed by atoms with Crippen LogP contribution in [-0.4, -0.2) is 11.6 Å². The van der Waals surface area contributed by atoms with Gasteiger partial charge in [0.15, 0.2) is 0 Å². The first kappa shape index (κ1) is 14.6. The highest BCUT2D eigenvalue weighted by atomic mass is 16.6. The summed E-state index contributed by atoms with van der Waals surface area (Å²) in [6.45, 7) is 9.29. The number of carbonyl (C=O) groups is 1. The lowest BCUT2D eigenvalue weighted by molar-refractivity contribution is -0.152. The summed E-state index contributed by atoms with van der Waals surface area (Å²) >= 11 is 0. The van der Waals surface area contributed by atoms with Crippen molar-refractivity contribution in [1.29, 1.82) is 0 Å². The van der Waals surface area contributed by atoms with Crippen LogP contribution in [-0.2, 0) is 22.4 Å². The number of hydrogen-bond donors (Lipinski definition) is 0. The van der Waals surface area contributed by atoms with E-state index in [1.54, 1.807) is 6.92 Å². The molecular formula is C18H22O2. The molecule has 0 saturated carbocycles. The van der Waals surface area contributed by atoms with Gasteiger partial charge in [0, 0.05) is 11.5 Å². The van der Waals surface area contributed by atoms with Gasteiger partial charge in [0.2, 0.25) is 0 Å². The highest BCUT2D eigenvalue weighted by molar-refractivity contribution is 5.87. The van der Waals surface area contributed by atoms with Crippen LogP contribution in [0.25, 0.3) is 0 Å². The second kappa shape index (κ2) is 5.66.